The van der Waals surface area contributed by atoms with E-state index in [1.165, 1.54) is 25.1 Å². The average Bonchev–Trinajstić information content (AvgIpc) is 2.01. The van der Waals surface area contributed by atoms with Crippen LogP contribution in [0.15, 0.2) is 5.10 Å². The van der Waals surface area contributed by atoms with E-state index in [2.05, 4.69) is 22.9 Å². The first kappa shape index (κ1) is 10.4. The Morgan fingerprint density at radius 1 is 1.46 bits per heavy atom. The van der Waals surface area contributed by atoms with Crippen molar-refractivity contribution in [2.24, 2.45) is 5.10 Å². The molecule has 1 aliphatic heterocycles. The topological polar surface area (TPSA) is 32.7 Å². The summed E-state index contributed by atoms with van der Waals surface area (Å²) >= 11 is 0. The number of hydrogen-bond acceptors (Lipinski definition) is 3. The highest BCUT2D eigenvalue weighted by molar-refractivity contribution is 6.74. The third-order valence-corrected chi connectivity index (χ3v) is 5.80. The molecular formula is C9H18N2OSi. The van der Waals surface area contributed by atoms with Crippen LogP contribution < -0.4 is 0 Å². The Labute approximate surface area is 80.9 Å². The van der Waals surface area contributed by atoms with E-state index in [4.69, 9.17) is 0 Å². The minimum Gasteiger partial charge on any atom is -0.324 e. The molecule has 74 valence electrons. The van der Waals surface area contributed by atoms with Gasteiger partial charge >= 0.3 is 0 Å². The minimum atomic E-state index is -1.30. The van der Waals surface area contributed by atoms with Gasteiger partial charge in [0.1, 0.15) is 0 Å². The van der Waals surface area contributed by atoms with Crippen molar-refractivity contribution in [2.45, 2.75) is 38.9 Å². The molecule has 0 aromatic carbocycles. The summed E-state index contributed by atoms with van der Waals surface area (Å²) in [6, 6.07) is 1.29. The molecule has 0 unspecified atom stereocenters. The SMILES string of the molecule is CC(=O)C=NN1CCCC[Si]1(C)C. The molecule has 3 nitrogen and oxygen atoms in total. The van der Waals surface area contributed by atoms with E-state index in [0.29, 0.717) is 0 Å². The summed E-state index contributed by atoms with van der Waals surface area (Å²) in [5.74, 6) is 0.0374. The Morgan fingerprint density at radius 3 is 2.69 bits per heavy atom. The maximum atomic E-state index is 10.7. The summed E-state index contributed by atoms with van der Waals surface area (Å²) in [7, 11) is -1.30. The molecule has 0 N–H and O–H groups in total. The van der Waals surface area contributed by atoms with Crippen molar-refractivity contribution < 1.29 is 4.79 Å². The molecule has 0 radical (unpaired) electrons. The second-order valence-corrected chi connectivity index (χ2v) is 8.89. The fourth-order valence-electron chi connectivity index (χ4n) is 1.62. The van der Waals surface area contributed by atoms with Crippen LogP contribution in [0.25, 0.3) is 0 Å². The lowest BCUT2D eigenvalue weighted by Gasteiger charge is -2.38. The van der Waals surface area contributed by atoms with Crippen molar-refractivity contribution in [3.63, 3.8) is 0 Å². The Balaban J connectivity index is 2.61. The Kier molecular flexibility index (Phi) is 3.25. The number of rotatable bonds is 2. The lowest BCUT2D eigenvalue weighted by Crippen LogP contribution is -2.48. The summed E-state index contributed by atoms with van der Waals surface area (Å²) in [5, 5.41) is 4.26. The molecule has 1 saturated heterocycles. The van der Waals surface area contributed by atoms with Crippen LogP contribution in [0.3, 0.4) is 0 Å². The van der Waals surface area contributed by atoms with Crippen molar-refractivity contribution in [1.29, 1.82) is 0 Å². The first-order chi connectivity index (χ1) is 6.02. The van der Waals surface area contributed by atoms with Crippen LogP contribution in [0.2, 0.25) is 19.1 Å². The number of Topliss-reactive ketones (excluding diaryl/α,β-unsaturated/α-hetero) is 1. The van der Waals surface area contributed by atoms with E-state index in [1.807, 2.05) is 0 Å². The Hall–Kier alpha value is -0.643. The van der Waals surface area contributed by atoms with E-state index >= 15 is 0 Å². The van der Waals surface area contributed by atoms with Crippen molar-refractivity contribution in [3.8, 4) is 0 Å². The molecular weight excluding hydrogens is 180 g/mol. The van der Waals surface area contributed by atoms with Gasteiger partial charge in [0.2, 0.25) is 0 Å². The van der Waals surface area contributed by atoms with Gasteiger partial charge in [0.05, 0.1) is 6.21 Å². The van der Waals surface area contributed by atoms with Crippen LogP contribution in [0.5, 0.6) is 0 Å². The highest BCUT2D eigenvalue weighted by Crippen LogP contribution is 2.24. The summed E-state index contributed by atoms with van der Waals surface area (Å²) in [6.45, 7) is 7.19. The Bertz CT molecular complexity index is 226. The molecule has 0 bridgehead atoms. The highest BCUT2D eigenvalue weighted by Gasteiger charge is 2.31. The van der Waals surface area contributed by atoms with Gasteiger partial charge in [-0.25, -0.2) is 0 Å². The van der Waals surface area contributed by atoms with Crippen LogP contribution in [-0.4, -0.2) is 31.5 Å². The van der Waals surface area contributed by atoms with Gasteiger partial charge in [0, 0.05) is 13.5 Å². The molecule has 0 saturated carbocycles. The van der Waals surface area contributed by atoms with Crippen molar-refractivity contribution in [3.05, 3.63) is 0 Å². The molecule has 0 amide bonds. The molecule has 1 heterocycles. The van der Waals surface area contributed by atoms with Gasteiger partial charge in [-0.1, -0.05) is 19.5 Å². The Morgan fingerprint density at radius 2 is 2.15 bits per heavy atom. The van der Waals surface area contributed by atoms with Crippen LogP contribution in [0, 0.1) is 0 Å². The number of hydrazone groups is 1. The predicted molar refractivity (Wildman–Crippen MR) is 57.4 cm³/mol. The smallest absolute Gasteiger partial charge is 0.172 e. The van der Waals surface area contributed by atoms with Crippen LogP contribution >= 0.6 is 0 Å². The molecule has 1 rings (SSSR count). The normalized spacial score (nSPS) is 22.2. The second-order valence-electron chi connectivity index (χ2n) is 4.25. The lowest BCUT2D eigenvalue weighted by molar-refractivity contribution is -0.110. The second kappa shape index (κ2) is 4.04. The van der Waals surface area contributed by atoms with E-state index in [-0.39, 0.29) is 5.78 Å². The van der Waals surface area contributed by atoms with Gasteiger partial charge < -0.3 is 4.67 Å². The highest BCUT2D eigenvalue weighted by atomic mass is 28.3. The maximum absolute atomic E-state index is 10.7. The molecule has 0 atom stereocenters. The molecule has 0 aromatic heterocycles. The zero-order valence-corrected chi connectivity index (χ0v) is 9.71. The fourth-order valence-corrected chi connectivity index (χ4v) is 4.12. The quantitative estimate of drug-likeness (QED) is 0.501. The van der Waals surface area contributed by atoms with E-state index < -0.39 is 8.24 Å². The van der Waals surface area contributed by atoms with Gasteiger partial charge in [-0.15, -0.1) is 0 Å². The molecule has 1 aliphatic rings. The zero-order chi connectivity index (χ0) is 9.90. The first-order valence-corrected chi connectivity index (χ1v) is 8.00. The zero-order valence-electron chi connectivity index (χ0n) is 8.71. The number of carbonyl (C=O) groups is 1. The van der Waals surface area contributed by atoms with Gasteiger partial charge in [-0.3, -0.25) is 4.79 Å². The number of carbonyl (C=O) groups excluding carboxylic acids is 1. The number of nitrogens with zero attached hydrogens (tertiary/aromatic N) is 2. The summed E-state index contributed by atoms with van der Waals surface area (Å²) in [6.07, 6.45) is 3.98. The maximum Gasteiger partial charge on any atom is 0.172 e. The van der Waals surface area contributed by atoms with Gasteiger partial charge in [0.15, 0.2) is 14.0 Å². The van der Waals surface area contributed by atoms with E-state index in [0.717, 1.165) is 6.54 Å². The predicted octanol–water partition coefficient (Wildman–Crippen LogP) is 1.86. The standard InChI is InChI=1S/C9H18N2OSi/c1-9(12)8-10-11-6-4-5-7-13(11,2)3/h8H,4-7H2,1-3H3. The molecule has 0 spiro atoms. The van der Waals surface area contributed by atoms with Crippen molar-refractivity contribution >= 4 is 20.2 Å². The van der Waals surface area contributed by atoms with Gasteiger partial charge in [-0.05, 0) is 12.5 Å². The fraction of sp³-hybridized carbons (Fsp3) is 0.778. The third-order valence-electron chi connectivity index (χ3n) is 2.49. The molecule has 1 fully saturated rings. The van der Waals surface area contributed by atoms with Gasteiger partial charge in [-0.2, -0.15) is 5.10 Å². The molecule has 4 heteroatoms. The van der Waals surface area contributed by atoms with Crippen molar-refractivity contribution in [1.82, 2.24) is 4.67 Å². The summed E-state index contributed by atoms with van der Waals surface area (Å²) in [5.41, 5.74) is 0. The monoisotopic (exact) mass is 198 g/mol. The van der Waals surface area contributed by atoms with Crippen LogP contribution in [0.4, 0.5) is 0 Å². The molecule has 0 aromatic rings. The molecule has 13 heavy (non-hydrogen) atoms. The lowest BCUT2D eigenvalue weighted by atomic mass is 10.3. The number of hydrogen-bond donors (Lipinski definition) is 0. The summed E-state index contributed by atoms with van der Waals surface area (Å²) < 4.78 is 2.16. The van der Waals surface area contributed by atoms with Crippen molar-refractivity contribution in [2.75, 3.05) is 6.54 Å². The summed E-state index contributed by atoms with van der Waals surface area (Å²) in [4.78, 5) is 10.7. The van der Waals surface area contributed by atoms with E-state index in [1.54, 1.807) is 6.92 Å². The minimum absolute atomic E-state index is 0.0374. The van der Waals surface area contributed by atoms with Crippen LogP contribution in [-0.2, 0) is 4.79 Å². The third kappa shape index (κ3) is 2.95. The van der Waals surface area contributed by atoms with E-state index in [9.17, 15) is 4.79 Å². The molecule has 0 aliphatic carbocycles. The van der Waals surface area contributed by atoms with Gasteiger partial charge in [0.25, 0.3) is 0 Å². The van der Waals surface area contributed by atoms with Crippen LogP contribution in [0.1, 0.15) is 19.8 Å². The average molecular weight is 198 g/mol. The number of ketones is 1. The first-order valence-electron chi connectivity index (χ1n) is 4.84. The largest absolute Gasteiger partial charge is 0.324 e.